The highest BCUT2D eigenvalue weighted by Gasteiger charge is 2.09. The summed E-state index contributed by atoms with van der Waals surface area (Å²) in [6.45, 7) is 1.93. The minimum Gasteiger partial charge on any atom is -0.481 e. The highest BCUT2D eigenvalue weighted by Crippen LogP contribution is 2.25. The van der Waals surface area contributed by atoms with Crippen molar-refractivity contribution in [2.75, 3.05) is 19.8 Å². The summed E-state index contributed by atoms with van der Waals surface area (Å²) in [7, 11) is 0. The Balaban J connectivity index is 1.75. The van der Waals surface area contributed by atoms with Crippen molar-refractivity contribution < 1.29 is 23.9 Å². The van der Waals surface area contributed by atoms with Gasteiger partial charge >= 0.3 is 5.97 Å². The van der Waals surface area contributed by atoms with Gasteiger partial charge < -0.3 is 14.8 Å². The van der Waals surface area contributed by atoms with Crippen LogP contribution in [0.1, 0.15) is 29.3 Å². The maximum Gasteiger partial charge on any atom is 0.344 e. The van der Waals surface area contributed by atoms with Crippen LogP contribution in [0.15, 0.2) is 46.0 Å². The van der Waals surface area contributed by atoms with Crippen molar-refractivity contribution in [2.45, 2.75) is 13.3 Å². The Kier molecular flexibility index (Phi) is 10.5. The first-order valence-electron chi connectivity index (χ1n) is 9.43. The first-order chi connectivity index (χ1) is 15.3. The number of nitrogens with one attached hydrogen (secondary N) is 2. The predicted octanol–water partition coefficient (Wildman–Crippen LogP) is 3.97. The molecule has 0 radical (unpaired) electrons. The molecule has 0 heterocycles. The van der Waals surface area contributed by atoms with Gasteiger partial charge in [-0.25, -0.2) is 10.2 Å². The van der Waals surface area contributed by atoms with E-state index < -0.39 is 5.97 Å². The summed E-state index contributed by atoms with van der Waals surface area (Å²) in [4.78, 5) is 35.3. The third-order valence-corrected chi connectivity index (χ3v) is 5.19. The van der Waals surface area contributed by atoms with E-state index in [1.54, 1.807) is 31.2 Å². The van der Waals surface area contributed by atoms with Crippen LogP contribution >= 0.6 is 39.1 Å². The van der Waals surface area contributed by atoms with Gasteiger partial charge in [0, 0.05) is 18.5 Å². The molecule has 2 aromatic carbocycles. The third kappa shape index (κ3) is 8.49. The summed E-state index contributed by atoms with van der Waals surface area (Å²) >= 11 is 15.1. The van der Waals surface area contributed by atoms with E-state index in [0.29, 0.717) is 26.4 Å². The van der Waals surface area contributed by atoms with Gasteiger partial charge in [-0.05, 0) is 64.8 Å². The largest absolute Gasteiger partial charge is 0.481 e. The van der Waals surface area contributed by atoms with Crippen LogP contribution in [-0.2, 0) is 14.3 Å². The van der Waals surface area contributed by atoms with Crippen molar-refractivity contribution in [2.24, 2.45) is 5.10 Å². The molecule has 2 N–H and O–H groups in total. The second-order valence-electron chi connectivity index (χ2n) is 6.21. The molecule has 0 saturated carbocycles. The number of amides is 2. The summed E-state index contributed by atoms with van der Waals surface area (Å²) in [6, 6.07) is 9.60. The molecule has 0 aliphatic carbocycles. The number of carbonyl (C=O) groups excluding carboxylic acids is 3. The van der Waals surface area contributed by atoms with Crippen LogP contribution in [0.5, 0.6) is 5.75 Å². The van der Waals surface area contributed by atoms with Crippen LogP contribution in [0.25, 0.3) is 0 Å². The smallest absolute Gasteiger partial charge is 0.344 e. The number of hydrazone groups is 1. The van der Waals surface area contributed by atoms with Gasteiger partial charge in [-0.15, -0.1) is 0 Å². The molecule has 11 heteroatoms. The van der Waals surface area contributed by atoms with E-state index in [0.717, 1.165) is 0 Å². The van der Waals surface area contributed by atoms with Crippen LogP contribution in [-0.4, -0.2) is 43.8 Å². The molecule has 0 atom stereocenters. The normalized spacial score (nSPS) is 10.6. The van der Waals surface area contributed by atoms with Gasteiger partial charge in [0.25, 0.3) is 5.91 Å². The average molecular weight is 545 g/mol. The van der Waals surface area contributed by atoms with E-state index in [2.05, 4.69) is 31.8 Å². The summed E-state index contributed by atoms with van der Waals surface area (Å²) < 4.78 is 10.8. The average Bonchev–Trinajstić information content (AvgIpc) is 2.75. The minimum atomic E-state index is -0.457. The van der Waals surface area contributed by atoms with Crippen LogP contribution in [0.3, 0.4) is 0 Å². The van der Waals surface area contributed by atoms with Gasteiger partial charge in [-0.1, -0.05) is 23.2 Å². The first-order valence-corrected chi connectivity index (χ1v) is 11.0. The van der Waals surface area contributed by atoms with Gasteiger partial charge in [-0.3, -0.25) is 9.59 Å². The molecule has 0 fully saturated rings. The zero-order valence-corrected chi connectivity index (χ0v) is 20.1. The minimum absolute atomic E-state index is 0.0364. The molecule has 2 rings (SSSR count). The molecule has 0 saturated heterocycles. The number of halogens is 3. The maximum atomic E-state index is 12.1. The molecule has 32 heavy (non-hydrogen) atoms. The Morgan fingerprint density at radius 1 is 1.12 bits per heavy atom. The Labute approximate surface area is 203 Å². The lowest BCUT2D eigenvalue weighted by Crippen LogP contribution is -2.29. The number of ether oxygens (including phenoxy) is 2. The van der Waals surface area contributed by atoms with E-state index in [1.807, 2.05) is 0 Å². The van der Waals surface area contributed by atoms with Crippen molar-refractivity contribution in [3.05, 3.63) is 62.0 Å². The van der Waals surface area contributed by atoms with Gasteiger partial charge in [0.05, 0.1) is 27.3 Å². The van der Waals surface area contributed by atoms with Crippen molar-refractivity contribution in [3.63, 3.8) is 0 Å². The molecular weight excluding hydrogens is 525 g/mol. The van der Waals surface area contributed by atoms with Gasteiger partial charge in [0.1, 0.15) is 5.75 Å². The monoisotopic (exact) mass is 543 g/mol. The summed E-state index contributed by atoms with van der Waals surface area (Å²) in [5.74, 6) is -0.725. The third-order valence-electron chi connectivity index (χ3n) is 3.83. The fraction of sp³-hybridized carbons (Fsp3) is 0.238. The number of hydrogen-bond donors (Lipinski definition) is 2. The quantitative estimate of drug-likeness (QED) is 0.267. The van der Waals surface area contributed by atoms with Crippen molar-refractivity contribution in [1.82, 2.24) is 10.7 Å². The van der Waals surface area contributed by atoms with Crippen molar-refractivity contribution >= 4 is 63.1 Å². The van der Waals surface area contributed by atoms with E-state index >= 15 is 0 Å². The van der Waals surface area contributed by atoms with E-state index in [1.165, 1.54) is 18.3 Å². The highest BCUT2D eigenvalue weighted by molar-refractivity contribution is 9.10. The predicted molar refractivity (Wildman–Crippen MR) is 125 cm³/mol. The molecule has 8 nitrogen and oxygen atoms in total. The van der Waals surface area contributed by atoms with Crippen molar-refractivity contribution in [1.29, 1.82) is 0 Å². The number of esters is 1. The van der Waals surface area contributed by atoms with E-state index in [9.17, 15) is 14.4 Å². The lowest BCUT2D eigenvalue weighted by molar-refractivity contribution is -0.145. The van der Waals surface area contributed by atoms with Crippen molar-refractivity contribution in [3.8, 4) is 5.75 Å². The van der Waals surface area contributed by atoms with Gasteiger partial charge in [0.15, 0.2) is 6.61 Å². The zero-order chi connectivity index (χ0) is 23.5. The molecule has 0 aromatic heterocycles. The molecule has 2 aromatic rings. The highest BCUT2D eigenvalue weighted by atomic mass is 79.9. The molecule has 2 amide bonds. The summed E-state index contributed by atoms with van der Waals surface area (Å²) in [6.07, 6.45) is 1.49. The second kappa shape index (κ2) is 13.0. The van der Waals surface area contributed by atoms with Crippen LogP contribution in [0.4, 0.5) is 0 Å². The van der Waals surface area contributed by atoms with Crippen LogP contribution < -0.4 is 15.5 Å². The maximum absolute atomic E-state index is 12.1. The molecule has 0 unspecified atom stereocenters. The van der Waals surface area contributed by atoms with Gasteiger partial charge in [0.2, 0.25) is 5.91 Å². The topological polar surface area (TPSA) is 106 Å². The summed E-state index contributed by atoms with van der Waals surface area (Å²) in [5.41, 5.74) is 3.42. The second-order valence-corrected chi connectivity index (χ2v) is 7.88. The zero-order valence-electron chi connectivity index (χ0n) is 17.0. The van der Waals surface area contributed by atoms with Crippen LogP contribution in [0, 0.1) is 0 Å². The molecule has 0 spiro atoms. The number of benzene rings is 2. The lowest BCUT2D eigenvalue weighted by atomic mass is 10.2. The molecule has 0 bridgehead atoms. The Morgan fingerprint density at radius 2 is 1.91 bits per heavy atom. The van der Waals surface area contributed by atoms with E-state index in [-0.39, 0.29) is 43.0 Å². The first kappa shape index (κ1) is 25.6. The van der Waals surface area contributed by atoms with Crippen LogP contribution in [0.2, 0.25) is 10.0 Å². The molecule has 0 aliphatic rings. The number of nitrogens with zero attached hydrogens (tertiary/aromatic N) is 1. The molecule has 0 aliphatic heterocycles. The SMILES string of the molecule is CCOC(=O)COc1ccc(C=NNC(=O)CCNC(=O)c2ccc(Cl)c(Cl)c2)cc1Br. The summed E-state index contributed by atoms with van der Waals surface area (Å²) in [5, 5.41) is 7.13. The Bertz CT molecular complexity index is 1020. The number of carbonyl (C=O) groups is 3. The fourth-order valence-corrected chi connectivity index (χ4v) is 3.13. The standard InChI is InChI=1S/C21H20BrCl2N3O5/c1-2-31-20(29)12-32-18-6-3-13(9-15(18)22)11-26-27-19(28)7-8-25-21(30)14-4-5-16(23)17(24)10-14/h3-6,9-11H,2,7-8,12H2,1H3,(H,25,30)(H,27,28). The number of rotatable bonds is 10. The van der Waals surface area contributed by atoms with Gasteiger partial charge in [-0.2, -0.15) is 5.10 Å². The number of hydrogen-bond acceptors (Lipinski definition) is 6. The Hall–Kier alpha value is -2.62. The molecule has 170 valence electrons. The van der Waals surface area contributed by atoms with E-state index in [4.69, 9.17) is 32.7 Å². The fourth-order valence-electron chi connectivity index (χ4n) is 2.32. The lowest BCUT2D eigenvalue weighted by Gasteiger charge is -2.08. The molecular formula is C21H20BrCl2N3O5. The Morgan fingerprint density at radius 3 is 2.59 bits per heavy atom.